The normalized spacial score (nSPS) is 18.5. The van der Waals surface area contributed by atoms with Crippen molar-refractivity contribution in [1.82, 2.24) is 4.90 Å². The number of carboxylic acid groups (broad SMARTS) is 1. The molecule has 2 fully saturated rings. The Hall–Kier alpha value is -2.82. The van der Waals surface area contributed by atoms with Crippen LogP contribution >= 0.6 is 0 Å². The van der Waals surface area contributed by atoms with E-state index in [9.17, 15) is 9.59 Å². The van der Waals surface area contributed by atoms with Gasteiger partial charge in [0.1, 0.15) is 5.60 Å². The van der Waals surface area contributed by atoms with Crippen molar-refractivity contribution in [1.29, 1.82) is 0 Å². The first-order chi connectivity index (χ1) is 13.0. The van der Waals surface area contributed by atoms with E-state index in [2.05, 4.69) is 0 Å². The highest BCUT2D eigenvalue weighted by Gasteiger charge is 2.45. The van der Waals surface area contributed by atoms with Crippen molar-refractivity contribution in [2.75, 3.05) is 6.54 Å². The van der Waals surface area contributed by atoms with E-state index >= 15 is 0 Å². The minimum absolute atomic E-state index is 0.213. The zero-order valence-corrected chi connectivity index (χ0v) is 15.2. The molecule has 0 bridgehead atoms. The molecular formula is C22H23NO4. The first-order valence-corrected chi connectivity index (χ1v) is 9.45. The van der Waals surface area contributed by atoms with Crippen LogP contribution in [0, 0.1) is 0 Å². The first-order valence-electron chi connectivity index (χ1n) is 9.45. The molecule has 2 aromatic carbocycles. The average molecular weight is 365 g/mol. The summed E-state index contributed by atoms with van der Waals surface area (Å²) in [6.45, 7) is 1.21. The van der Waals surface area contributed by atoms with Gasteiger partial charge in [0, 0.05) is 6.54 Å². The molecule has 0 aromatic heterocycles. The fourth-order valence-corrected chi connectivity index (χ4v) is 4.13. The summed E-state index contributed by atoms with van der Waals surface area (Å²) >= 11 is 0. The summed E-state index contributed by atoms with van der Waals surface area (Å²) in [5.41, 5.74) is 2.86. The van der Waals surface area contributed by atoms with Crippen molar-refractivity contribution < 1.29 is 19.4 Å². The quantitative estimate of drug-likeness (QED) is 0.852. The van der Waals surface area contributed by atoms with E-state index in [1.807, 2.05) is 30.3 Å². The fourth-order valence-electron chi connectivity index (χ4n) is 4.13. The highest BCUT2D eigenvalue weighted by Crippen LogP contribution is 2.37. The Morgan fingerprint density at radius 2 is 1.78 bits per heavy atom. The SMILES string of the molecule is O=C(O)c1cccc(-c2ccc(CN3CC4(CCCCC4)OC3=O)cc2)c1. The van der Waals surface area contributed by atoms with Gasteiger partial charge in [0.25, 0.3) is 0 Å². The second-order valence-corrected chi connectivity index (χ2v) is 7.55. The largest absolute Gasteiger partial charge is 0.478 e. The number of rotatable bonds is 4. The molecule has 2 aromatic rings. The summed E-state index contributed by atoms with van der Waals surface area (Å²) in [7, 11) is 0. The van der Waals surface area contributed by atoms with Gasteiger partial charge in [-0.3, -0.25) is 4.90 Å². The minimum atomic E-state index is -0.933. The molecule has 1 saturated heterocycles. The predicted octanol–water partition coefficient (Wildman–Crippen LogP) is 4.71. The summed E-state index contributed by atoms with van der Waals surface area (Å²) in [5, 5.41) is 9.14. The van der Waals surface area contributed by atoms with Crippen molar-refractivity contribution in [3.8, 4) is 11.1 Å². The Morgan fingerprint density at radius 3 is 2.48 bits per heavy atom. The van der Waals surface area contributed by atoms with Gasteiger partial charge in [0.2, 0.25) is 0 Å². The standard InChI is InChI=1S/C22H23NO4/c24-20(25)19-6-4-5-18(13-19)17-9-7-16(8-10-17)14-23-15-22(27-21(23)26)11-2-1-3-12-22/h4-10,13H,1-3,11-12,14-15H2,(H,24,25). The van der Waals surface area contributed by atoms with Crippen LogP contribution in [0.5, 0.6) is 0 Å². The molecule has 1 saturated carbocycles. The lowest BCUT2D eigenvalue weighted by Gasteiger charge is -2.30. The van der Waals surface area contributed by atoms with Gasteiger partial charge in [-0.05, 0) is 54.5 Å². The van der Waals surface area contributed by atoms with E-state index in [0.29, 0.717) is 13.1 Å². The molecule has 1 spiro atoms. The molecular weight excluding hydrogens is 342 g/mol. The molecule has 0 atom stereocenters. The molecule has 0 unspecified atom stereocenters. The summed E-state index contributed by atoms with van der Waals surface area (Å²) in [5.74, 6) is -0.933. The molecule has 1 aliphatic carbocycles. The molecule has 140 valence electrons. The Labute approximate surface area is 158 Å². The van der Waals surface area contributed by atoms with Gasteiger partial charge in [-0.2, -0.15) is 0 Å². The maximum Gasteiger partial charge on any atom is 0.410 e. The number of carbonyl (C=O) groups is 2. The van der Waals surface area contributed by atoms with E-state index in [0.717, 1.165) is 42.4 Å². The number of benzene rings is 2. The molecule has 5 nitrogen and oxygen atoms in total. The van der Waals surface area contributed by atoms with Gasteiger partial charge in [-0.15, -0.1) is 0 Å². The van der Waals surface area contributed by atoms with Gasteiger partial charge >= 0.3 is 12.1 Å². The van der Waals surface area contributed by atoms with E-state index in [4.69, 9.17) is 9.84 Å². The molecule has 1 N–H and O–H groups in total. The number of aromatic carboxylic acids is 1. The van der Waals surface area contributed by atoms with Crippen molar-refractivity contribution in [3.63, 3.8) is 0 Å². The maximum atomic E-state index is 12.3. The topological polar surface area (TPSA) is 66.8 Å². The number of hydrogen-bond acceptors (Lipinski definition) is 3. The second kappa shape index (κ2) is 7.06. The van der Waals surface area contributed by atoms with Gasteiger partial charge < -0.3 is 9.84 Å². The number of hydrogen-bond donors (Lipinski definition) is 1. The van der Waals surface area contributed by atoms with Crippen LogP contribution < -0.4 is 0 Å². The van der Waals surface area contributed by atoms with Gasteiger partial charge in [0.15, 0.2) is 0 Å². The van der Waals surface area contributed by atoms with E-state index in [1.165, 1.54) is 6.42 Å². The lowest BCUT2D eigenvalue weighted by molar-refractivity contribution is 0.0259. The molecule has 27 heavy (non-hydrogen) atoms. The third-order valence-electron chi connectivity index (χ3n) is 5.58. The van der Waals surface area contributed by atoms with Crippen LogP contribution in [-0.2, 0) is 11.3 Å². The third-order valence-corrected chi connectivity index (χ3v) is 5.58. The first kappa shape index (κ1) is 17.6. The van der Waals surface area contributed by atoms with Crippen molar-refractivity contribution in [2.45, 2.75) is 44.2 Å². The van der Waals surface area contributed by atoms with Crippen LogP contribution in [0.4, 0.5) is 4.79 Å². The minimum Gasteiger partial charge on any atom is -0.478 e. The molecule has 1 amide bonds. The number of amides is 1. The Balaban J connectivity index is 1.46. The van der Waals surface area contributed by atoms with Crippen LogP contribution in [0.3, 0.4) is 0 Å². The zero-order chi connectivity index (χ0) is 18.9. The Bertz CT molecular complexity index is 853. The third kappa shape index (κ3) is 3.68. The lowest BCUT2D eigenvalue weighted by atomic mass is 9.85. The number of carbonyl (C=O) groups excluding carboxylic acids is 1. The number of ether oxygens (including phenoxy) is 1. The fraction of sp³-hybridized carbons (Fsp3) is 0.364. The molecule has 4 rings (SSSR count). The Kier molecular flexibility index (Phi) is 4.60. The molecule has 1 heterocycles. The second-order valence-electron chi connectivity index (χ2n) is 7.55. The van der Waals surface area contributed by atoms with Crippen molar-refractivity contribution in [2.24, 2.45) is 0 Å². The van der Waals surface area contributed by atoms with Gasteiger partial charge in [-0.1, -0.05) is 42.8 Å². The monoisotopic (exact) mass is 365 g/mol. The summed E-state index contributed by atoms with van der Waals surface area (Å²) < 4.78 is 5.73. The smallest absolute Gasteiger partial charge is 0.410 e. The number of carboxylic acids is 1. The predicted molar refractivity (Wildman–Crippen MR) is 102 cm³/mol. The summed E-state index contributed by atoms with van der Waals surface area (Å²) in [6.07, 6.45) is 5.21. The summed E-state index contributed by atoms with van der Waals surface area (Å²) in [4.78, 5) is 25.2. The highest BCUT2D eigenvalue weighted by molar-refractivity contribution is 5.89. The van der Waals surface area contributed by atoms with Crippen LogP contribution in [0.15, 0.2) is 48.5 Å². The summed E-state index contributed by atoms with van der Waals surface area (Å²) in [6, 6.07) is 14.8. The van der Waals surface area contributed by atoms with E-state index in [-0.39, 0.29) is 17.3 Å². The van der Waals surface area contributed by atoms with Crippen molar-refractivity contribution in [3.05, 3.63) is 59.7 Å². The molecule has 5 heteroatoms. The van der Waals surface area contributed by atoms with Crippen molar-refractivity contribution >= 4 is 12.1 Å². The molecule has 2 aliphatic rings. The zero-order valence-electron chi connectivity index (χ0n) is 15.2. The average Bonchev–Trinajstić information content (AvgIpc) is 2.97. The van der Waals surface area contributed by atoms with Crippen LogP contribution in [0.2, 0.25) is 0 Å². The van der Waals surface area contributed by atoms with Gasteiger partial charge in [-0.25, -0.2) is 9.59 Å². The number of nitrogens with zero attached hydrogens (tertiary/aromatic N) is 1. The van der Waals surface area contributed by atoms with Gasteiger partial charge in [0.05, 0.1) is 12.1 Å². The van der Waals surface area contributed by atoms with Crippen LogP contribution in [0.1, 0.15) is 48.0 Å². The van der Waals surface area contributed by atoms with E-state index in [1.54, 1.807) is 23.1 Å². The Morgan fingerprint density at radius 1 is 1.04 bits per heavy atom. The molecule has 1 aliphatic heterocycles. The van der Waals surface area contributed by atoms with Crippen LogP contribution in [0.25, 0.3) is 11.1 Å². The van der Waals surface area contributed by atoms with E-state index < -0.39 is 5.97 Å². The molecule has 0 radical (unpaired) electrons. The highest BCUT2D eigenvalue weighted by atomic mass is 16.6. The van der Waals surface area contributed by atoms with Crippen LogP contribution in [-0.4, -0.2) is 34.2 Å². The maximum absolute atomic E-state index is 12.3. The lowest BCUT2D eigenvalue weighted by Crippen LogP contribution is -2.36.